The molecule has 0 unspecified atom stereocenters. The molecule has 0 saturated heterocycles. The zero-order valence-electron chi connectivity index (χ0n) is 9.51. The van der Waals surface area contributed by atoms with Crippen LogP contribution in [0.3, 0.4) is 0 Å². The van der Waals surface area contributed by atoms with Gasteiger partial charge in [-0.1, -0.05) is 19.1 Å². The summed E-state index contributed by atoms with van der Waals surface area (Å²) in [6.07, 6.45) is 4.01. The number of aryl methyl sites for hydroxylation is 1. The Hall–Kier alpha value is -1.43. The van der Waals surface area contributed by atoms with Gasteiger partial charge in [0, 0.05) is 13.6 Å². The minimum absolute atomic E-state index is 0.0883. The number of hydrogen-bond donors (Lipinski definition) is 1. The molecule has 0 radical (unpaired) electrons. The third-order valence-electron chi connectivity index (χ3n) is 2.16. The number of rotatable bonds is 5. The second-order valence-corrected chi connectivity index (χ2v) is 4.11. The third-order valence-corrected chi connectivity index (χ3v) is 2.29. The molecule has 1 aromatic heterocycles. The van der Waals surface area contributed by atoms with Gasteiger partial charge in [-0.05, 0) is 6.42 Å². The first-order chi connectivity index (χ1) is 7.56. The molecule has 0 aliphatic rings. The first-order valence-corrected chi connectivity index (χ1v) is 5.51. The summed E-state index contributed by atoms with van der Waals surface area (Å²) in [6, 6.07) is 0. The normalized spacial score (nSPS) is 10.1. The molecule has 0 saturated carbocycles. The number of amides is 1. The Balaban J connectivity index is 2.82. The zero-order valence-corrected chi connectivity index (χ0v) is 10.3. The van der Waals surface area contributed by atoms with Crippen LogP contribution in [0.2, 0.25) is 0 Å². The maximum atomic E-state index is 12.1. The van der Waals surface area contributed by atoms with Gasteiger partial charge in [0.1, 0.15) is 5.69 Å². The van der Waals surface area contributed by atoms with E-state index in [0.717, 1.165) is 6.42 Å². The van der Waals surface area contributed by atoms with E-state index in [9.17, 15) is 4.79 Å². The van der Waals surface area contributed by atoms with Crippen molar-refractivity contribution in [2.45, 2.75) is 13.3 Å². The fraction of sp³-hybridized carbons (Fsp3) is 0.500. The highest BCUT2D eigenvalue weighted by Crippen LogP contribution is 2.04. The molecule has 0 aliphatic carbocycles. The van der Waals surface area contributed by atoms with Gasteiger partial charge in [0.25, 0.3) is 5.91 Å². The standard InChI is InChI=1S/C10H16N4OS/c1-3-4-14(6-9(11)16)10(15)8-5-12-7-13(8)2/h5,7H,3-4,6H2,1-2H3,(H2,11,16). The lowest BCUT2D eigenvalue weighted by Gasteiger charge is -2.21. The van der Waals surface area contributed by atoms with Crippen LogP contribution < -0.4 is 5.73 Å². The van der Waals surface area contributed by atoms with Crippen LogP contribution in [0.4, 0.5) is 0 Å². The van der Waals surface area contributed by atoms with Gasteiger partial charge >= 0.3 is 0 Å². The van der Waals surface area contributed by atoms with Crippen LogP contribution in [0.25, 0.3) is 0 Å². The number of aromatic nitrogens is 2. The highest BCUT2D eigenvalue weighted by molar-refractivity contribution is 7.80. The van der Waals surface area contributed by atoms with E-state index in [1.807, 2.05) is 6.92 Å². The number of nitrogens with two attached hydrogens (primary N) is 1. The number of nitrogens with zero attached hydrogens (tertiary/aromatic N) is 3. The van der Waals surface area contributed by atoms with Crippen molar-refractivity contribution in [1.29, 1.82) is 0 Å². The summed E-state index contributed by atoms with van der Waals surface area (Å²) in [6.45, 7) is 2.96. The lowest BCUT2D eigenvalue weighted by Crippen LogP contribution is -2.38. The van der Waals surface area contributed by atoms with Gasteiger partial charge in [0.15, 0.2) is 0 Å². The summed E-state index contributed by atoms with van der Waals surface area (Å²) >= 11 is 4.83. The maximum absolute atomic E-state index is 12.1. The largest absolute Gasteiger partial charge is 0.392 e. The summed E-state index contributed by atoms with van der Waals surface area (Å²) in [5.41, 5.74) is 6.01. The van der Waals surface area contributed by atoms with Gasteiger partial charge < -0.3 is 15.2 Å². The van der Waals surface area contributed by atoms with Crippen molar-refractivity contribution in [3.05, 3.63) is 18.2 Å². The van der Waals surface area contributed by atoms with Crippen molar-refractivity contribution in [3.63, 3.8) is 0 Å². The number of carbonyl (C=O) groups excluding carboxylic acids is 1. The first kappa shape index (κ1) is 12.6. The average molecular weight is 240 g/mol. The number of carbonyl (C=O) groups is 1. The highest BCUT2D eigenvalue weighted by Gasteiger charge is 2.18. The Bertz CT molecular complexity index is 388. The number of imidazole rings is 1. The molecule has 16 heavy (non-hydrogen) atoms. The monoisotopic (exact) mass is 240 g/mol. The molecule has 1 rings (SSSR count). The fourth-order valence-electron chi connectivity index (χ4n) is 1.44. The van der Waals surface area contributed by atoms with E-state index >= 15 is 0 Å². The molecule has 1 amide bonds. The summed E-state index contributed by atoms with van der Waals surface area (Å²) in [4.78, 5) is 18.0. The molecule has 0 atom stereocenters. The van der Waals surface area contributed by atoms with E-state index in [1.165, 1.54) is 0 Å². The highest BCUT2D eigenvalue weighted by atomic mass is 32.1. The quantitative estimate of drug-likeness (QED) is 0.764. The number of hydrogen-bond acceptors (Lipinski definition) is 3. The molecule has 0 bridgehead atoms. The molecule has 0 aromatic carbocycles. The van der Waals surface area contributed by atoms with Crippen LogP contribution >= 0.6 is 12.2 Å². The van der Waals surface area contributed by atoms with Crippen LogP contribution in [-0.4, -0.2) is 38.4 Å². The Kier molecular flexibility index (Phi) is 4.42. The first-order valence-electron chi connectivity index (χ1n) is 5.10. The minimum Gasteiger partial charge on any atom is -0.392 e. The average Bonchev–Trinajstić information content (AvgIpc) is 2.62. The van der Waals surface area contributed by atoms with Gasteiger partial charge in [-0.25, -0.2) is 4.98 Å². The fourth-order valence-corrected chi connectivity index (χ4v) is 1.59. The van der Waals surface area contributed by atoms with Crippen molar-refractivity contribution < 1.29 is 4.79 Å². The molecule has 0 fully saturated rings. The molecule has 1 heterocycles. The lowest BCUT2D eigenvalue weighted by molar-refractivity contribution is 0.0770. The van der Waals surface area contributed by atoms with E-state index in [-0.39, 0.29) is 5.91 Å². The van der Waals surface area contributed by atoms with Gasteiger partial charge in [-0.3, -0.25) is 4.79 Å². The smallest absolute Gasteiger partial charge is 0.272 e. The molecule has 1 aromatic rings. The van der Waals surface area contributed by atoms with Gasteiger partial charge in [0.2, 0.25) is 0 Å². The van der Waals surface area contributed by atoms with Crippen molar-refractivity contribution in [1.82, 2.24) is 14.5 Å². The van der Waals surface area contributed by atoms with Crippen molar-refractivity contribution in [2.75, 3.05) is 13.1 Å². The van der Waals surface area contributed by atoms with Gasteiger partial charge in [-0.2, -0.15) is 0 Å². The zero-order chi connectivity index (χ0) is 12.1. The third kappa shape index (κ3) is 3.03. The van der Waals surface area contributed by atoms with Crippen molar-refractivity contribution >= 4 is 23.1 Å². The minimum atomic E-state index is -0.0883. The Labute approximate surface area is 100 Å². The van der Waals surface area contributed by atoms with Crippen LogP contribution in [0, 0.1) is 0 Å². The van der Waals surface area contributed by atoms with Crippen molar-refractivity contribution in [2.24, 2.45) is 12.8 Å². The lowest BCUT2D eigenvalue weighted by atomic mass is 10.3. The van der Waals surface area contributed by atoms with Crippen LogP contribution in [-0.2, 0) is 7.05 Å². The second kappa shape index (κ2) is 5.60. The van der Waals surface area contributed by atoms with E-state index in [1.54, 1.807) is 29.0 Å². The van der Waals surface area contributed by atoms with E-state index in [4.69, 9.17) is 18.0 Å². The maximum Gasteiger partial charge on any atom is 0.272 e. The topological polar surface area (TPSA) is 64.2 Å². The Morgan fingerprint density at radius 2 is 2.38 bits per heavy atom. The summed E-state index contributed by atoms with van der Waals surface area (Å²) in [7, 11) is 1.78. The predicted octanol–water partition coefficient (Wildman–Crippen LogP) is 0.558. The van der Waals surface area contributed by atoms with Crippen LogP contribution in [0.15, 0.2) is 12.5 Å². The molecule has 2 N–H and O–H groups in total. The Morgan fingerprint density at radius 1 is 1.69 bits per heavy atom. The molecule has 6 heteroatoms. The molecule has 88 valence electrons. The van der Waals surface area contributed by atoms with Crippen LogP contribution in [0.1, 0.15) is 23.8 Å². The van der Waals surface area contributed by atoms with Crippen molar-refractivity contribution in [3.8, 4) is 0 Å². The predicted molar refractivity (Wildman–Crippen MR) is 66.2 cm³/mol. The Morgan fingerprint density at radius 3 is 2.81 bits per heavy atom. The van der Waals surface area contributed by atoms with Gasteiger partial charge in [0.05, 0.1) is 24.1 Å². The molecule has 5 nitrogen and oxygen atoms in total. The number of thiocarbonyl (C=S) groups is 1. The SMILES string of the molecule is CCCN(CC(N)=S)C(=O)c1cncn1C. The van der Waals surface area contributed by atoms with Crippen LogP contribution in [0.5, 0.6) is 0 Å². The van der Waals surface area contributed by atoms with E-state index in [0.29, 0.717) is 23.8 Å². The molecular formula is C10H16N4OS. The molecule has 0 aliphatic heterocycles. The summed E-state index contributed by atoms with van der Waals surface area (Å²) < 4.78 is 1.69. The molecular weight excluding hydrogens is 224 g/mol. The van der Waals surface area contributed by atoms with Gasteiger partial charge in [-0.15, -0.1) is 0 Å². The second-order valence-electron chi connectivity index (χ2n) is 3.58. The van der Waals surface area contributed by atoms with E-state index in [2.05, 4.69) is 4.98 Å². The summed E-state index contributed by atoms with van der Waals surface area (Å²) in [5.74, 6) is -0.0883. The summed E-state index contributed by atoms with van der Waals surface area (Å²) in [5, 5.41) is 0. The molecule has 0 spiro atoms. The van der Waals surface area contributed by atoms with E-state index < -0.39 is 0 Å².